The van der Waals surface area contributed by atoms with Crippen molar-refractivity contribution >= 4 is 12.4 Å². The quantitative estimate of drug-likeness (QED) is 0.759. The summed E-state index contributed by atoms with van der Waals surface area (Å²) in [6, 6.07) is 3.80. The van der Waals surface area contributed by atoms with Gasteiger partial charge in [0.2, 0.25) is 0 Å². The molecule has 164 valence electrons. The number of amides is 1. The van der Waals surface area contributed by atoms with Gasteiger partial charge in [0.15, 0.2) is 0 Å². The Balaban J connectivity index is 0.000000806. The lowest BCUT2D eigenvalue weighted by Gasteiger charge is -2.47. The van der Waals surface area contributed by atoms with Gasteiger partial charge in [0.25, 0.3) is 12.4 Å². The molecule has 4 heterocycles. The lowest BCUT2D eigenvalue weighted by molar-refractivity contribution is -0.128. The second-order valence-electron chi connectivity index (χ2n) is 7.95. The Morgan fingerprint density at radius 3 is 2.57 bits per heavy atom. The van der Waals surface area contributed by atoms with Gasteiger partial charge in [0.1, 0.15) is 11.5 Å². The highest BCUT2D eigenvalue weighted by molar-refractivity contribution is 5.92. The fraction of sp³-hybridized carbons (Fsp3) is 0.571. The largest absolute Gasteiger partial charge is 0.483 e. The molecule has 0 saturated carbocycles. The molecule has 0 atom stereocenters. The standard InChI is InChI=1S/C20H28N4O3.CH2O2/c1-15-17(16(2)27-21-15)13-23-9-6-20(7-10-23)14-24(11-12-26-20)19(25)18-5-4-8-22(18)3;2-1-3/h4-5,8H,6-7,9-14H2,1-3H3;1H,(H,2,3). The maximum Gasteiger partial charge on any atom is 0.290 e. The number of ether oxygens (including phenoxy) is 1. The van der Waals surface area contributed by atoms with E-state index in [1.165, 1.54) is 5.56 Å². The number of likely N-dealkylation sites (tertiary alicyclic amines) is 1. The molecular formula is C21H30N4O5. The van der Waals surface area contributed by atoms with E-state index in [0.29, 0.717) is 19.7 Å². The summed E-state index contributed by atoms with van der Waals surface area (Å²) in [5.74, 6) is 1.00. The highest BCUT2D eigenvalue weighted by atomic mass is 16.5. The van der Waals surface area contributed by atoms with E-state index in [4.69, 9.17) is 19.2 Å². The van der Waals surface area contributed by atoms with Crippen LogP contribution in [0, 0.1) is 13.8 Å². The molecule has 2 saturated heterocycles. The molecule has 0 unspecified atom stereocenters. The van der Waals surface area contributed by atoms with E-state index in [-0.39, 0.29) is 18.0 Å². The Kier molecular flexibility index (Phi) is 6.94. The van der Waals surface area contributed by atoms with Crippen molar-refractivity contribution in [2.45, 2.75) is 38.8 Å². The first kappa shape index (κ1) is 22.0. The summed E-state index contributed by atoms with van der Waals surface area (Å²) in [4.78, 5) is 25.6. The van der Waals surface area contributed by atoms with Gasteiger partial charge in [-0.1, -0.05) is 5.16 Å². The van der Waals surface area contributed by atoms with Crippen LogP contribution in [0.4, 0.5) is 0 Å². The summed E-state index contributed by atoms with van der Waals surface area (Å²) in [5, 5.41) is 10.9. The molecule has 0 aliphatic carbocycles. The average molecular weight is 418 g/mol. The predicted molar refractivity (Wildman–Crippen MR) is 109 cm³/mol. The van der Waals surface area contributed by atoms with E-state index < -0.39 is 0 Å². The number of aromatic nitrogens is 2. The second-order valence-corrected chi connectivity index (χ2v) is 7.95. The van der Waals surface area contributed by atoms with E-state index in [1.807, 2.05) is 48.7 Å². The van der Waals surface area contributed by atoms with Crippen molar-refractivity contribution in [3.63, 3.8) is 0 Å². The van der Waals surface area contributed by atoms with E-state index in [0.717, 1.165) is 49.6 Å². The number of piperidine rings is 1. The predicted octanol–water partition coefficient (Wildman–Crippen LogP) is 1.84. The Bertz CT molecular complexity index is 847. The number of carbonyl (C=O) groups excluding carboxylic acids is 1. The molecule has 0 bridgehead atoms. The van der Waals surface area contributed by atoms with Crippen LogP contribution < -0.4 is 0 Å². The van der Waals surface area contributed by atoms with Crippen LogP contribution in [0.2, 0.25) is 0 Å². The van der Waals surface area contributed by atoms with E-state index in [2.05, 4.69) is 10.1 Å². The van der Waals surface area contributed by atoms with E-state index >= 15 is 0 Å². The molecule has 2 aromatic rings. The van der Waals surface area contributed by atoms with Crippen molar-refractivity contribution in [1.29, 1.82) is 0 Å². The van der Waals surface area contributed by atoms with Crippen LogP contribution in [0.15, 0.2) is 22.9 Å². The van der Waals surface area contributed by atoms with Crippen molar-refractivity contribution < 1.29 is 24.0 Å². The van der Waals surface area contributed by atoms with Gasteiger partial charge in [-0.05, 0) is 38.8 Å². The SMILES string of the molecule is Cc1noc(C)c1CN1CCC2(CC1)CN(C(=O)c1cccn1C)CCO2.O=CO. The summed E-state index contributed by atoms with van der Waals surface area (Å²) in [7, 11) is 1.91. The molecule has 9 heteroatoms. The second kappa shape index (κ2) is 9.44. The monoisotopic (exact) mass is 418 g/mol. The Morgan fingerprint density at radius 1 is 1.30 bits per heavy atom. The summed E-state index contributed by atoms with van der Waals surface area (Å²) >= 11 is 0. The van der Waals surface area contributed by atoms with Crippen LogP contribution in [-0.4, -0.2) is 75.4 Å². The highest BCUT2D eigenvalue weighted by Gasteiger charge is 2.41. The van der Waals surface area contributed by atoms with Gasteiger partial charge in [0.05, 0.1) is 24.4 Å². The fourth-order valence-electron chi connectivity index (χ4n) is 4.24. The van der Waals surface area contributed by atoms with Gasteiger partial charge in [-0.25, -0.2) is 0 Å². The van der Waals surface area contributed by atoms with Crippen molar-refractivity contribution in [3.05, 3.63) is 41.0 Å². The lowest BCUT2D eigenvalue weighted by atomic mass is 9.89. The van der Waals surface area contributed by atoms with Crippen LogP contribution in [0.25, 0.3) is 0 Å². The number of carboxylic acid groups (broad SMARTS) is 1. The molecule has 1 amide bonds. The molecular weight excluding hydrogens is 388 g/mol. The number of nitrogens with zero attached hydrogens (tertiary/aromatic N) is 4. The lowest BCUT2D eigenvalue weighted by Crippen LogP contribution is -2.58. The van der Waals surface area contributed by atoms with Crippen molar-refractivity contribution in [3.8, 4) is 0 Å². The average Bonchev–Trinajstić information content (AvgIpc) is 3.30. The van der Waals surface area contributed by atoms with E-state index in [1.54, 1.807) is 0 Å². The molecule has 2 aromatic heterocycles. The van der Waals surface area contributed by atoms with Gasteiger partial charge >= 0.3 is 0 Å². The molecule has 1 N–H and O–H groups in total. The fourth-order valence-corrected chi connectivity index (χ4v) is 4.24. The molecule has 30 heavy (non-hydrogen) atoms. The van der Waals surface area contributed by atoms with Gasteiger partial charge in [-0.15, -0.1) is 0 Å². The third-order valence-electron chi connectivity index (χ3n) is 6.03. The van der Waals surface area contributed by atoms with Gasteiger partial charge in [-0.2, -0.15) is 0 Å². The zero-order valence-electron chi connectivity index (χ0n) is 17.8. The molecule has 2 aliphatic rings. The van der Waals surface area contributed by atoms with Crippen LogP contribution in [0.3, 0.4) is 0 Å². The number of rotatable bonds is 3. The number of hydrogen-bond donors (Lipinski definition) is 1. The first-order valence-corrected chi connectivity index (χ1v) is 10.2. The Morgan fingerprint density at radius 2 is 2.00 bits per heavy atom. The van der Waals surface area contributed by atoms with Crippen molar-refractivity contribution in [1.82, 2.24) is 19.5 Å². The van der Waals surface area contributed by atoms with Crippen molar-refractivity contribution in [2.24, 2.45) is 7.05 Å². The summed E-state index contributed by atoms with van der Waals surface area (Å²) in [6.45, 7) is 8.44. The molecule has 4 rings (SSSR count). The normalized spacial score (nSPS) is 18.7. The number of aryl methyl sites for hydroxylation is 3. The zero-order valence-corrected chi connectivity index (χ0v) is 17.8. The molecule has 0 aromatic carbocycles. The summed E-state index contributed by atoms with van der Waals surface area (Å²) in [6.07, 6.45) is 3.79. The maximum absolute atomic E-state index is 12.9. The molecule has 1 spiro atoms. The van der Waals surface area contributed by atoms with Crippen LogP contribution in [0.1, 0.15) is 40.3 Å². The van der Waals surface area contributed by atoms with Gasteiger partial charge < -0.3 is 23.8 Å². The zero-order chi connectivity index (χ0) is 21.7. The van der Waals surface area contributed by atoms with Crippen LogP contribution >= 0.6 is 0 Å². The highest BCUT2D eigenvalue weighted by Crippen LogP contribution is 2.31. The minimum absolute atomic E-state index is 0.100. The van der Waals surface area contributed by atoms with Crippen LogP contribution in [0.5, 0.6) is 0 Å². The maximum atomic E-state index is 12.9. The number of hydrogen-bond acceptors (Lipinski definition) is 6. The van der Waals surface area contributed by atoms with Crippen LogP contribution in [-0.2, 0) is 23.1 Å². The smallest absolute Gasteiger partial charge is 0.290 e. The van der Waals surface area contributed by atoms with Gasteiger partial charge in [-0.3, -0.25) is 14.5 Å². The first-order chi connectivity index (χ1) is 14.4. The summed E-state index contributed by atoms with van der Waals surface area (Å²) in [5.41, 5.74) is 2.69. The third-order valence-corrected chi connectivity index (χ3v) is 6.03. The Hall–Kier alpha value is -2.65. The summed E-state index contributed by atoms with van der Waals surface area (Å²) < 4.78 is 13.4. The van der Waals surface area contributed by atoms with Crippen molar-refractivity contribution in [2.75, 3.05) is 32.8 Å². The van der Waals surface area contributed by atoms with E-state index in [9.17, 15) is 4.79 Å². The molecule has 2 aliphatic heterocycles. The minimum Gasteiger partial charge on any atom is -0.483 e. The molecule has 9 nitrogen and oxygen atoms in total. The third kappa shape index (κ3) is 4.73. The number of morpholine rings is 1. The molecule has 0 radical (unpaired) electrons. The minimum atomic E-state index is -0.250. The van der Waals surface area contributed by atoms with Gasteiger partial charge in [0, 0.05) is 45.0 Å². The number of carbonyl (C=O) groups is 2. The Labute approximate surface area is 176 Å². The molecule has 2 fully saturated rings. The topological polar surface area (TPSA) is 101 Å². The first-order valence-electron chi connectivity index (χ1n) is 10.2.